The highest BCUT2D eigenvalue weighted by atomic mass is 35.5. The lowest BCUT2D eigenvalue weighted by Gasteiger charge is -2.14. The van der Waals surface area contributed by atoms with Gasteiger partial charge in [0.15, 0.2) is 18.1 Å². The predicted molar refractivity (Wildman–Crippen MR) is 112 cm³/mol. The first kappa shape index (κ1) is 22.8. The highest BCUT2D eigenvalue weighted by molar-refractivity contribution is 5.91. The monoisotopic (exact) mass is 392 g/mol. The molecule has 0 radical (unpaired) electrons. The van der Waals surface area contributed by atoms with Gasteiger partial charge in [0.25, 0.3) is 5.91 Å². The van der Waals surface area contributed by atoms with E-state index in [0.29, 0.717) is 17.5 Å². The van der Waals surface area contributed by atoms with E-state index in [1.54, 1.807) is 7.11 Å². The van der Waals surface area contributed by atoms with E-state index in [2.05, 4.69) is 24.5 Å². The highest BCUT2D eigenvalue weighted by Crippen LogP contribution is 2.28. The van der Waals surface area contributed by atoms with Gasteiger partial charge in [-0.05, 0) is 50.1 Å². The molecule has 6 heteroatoms. The van der Waals surface area contributed by atoms with Gasteiger partial charge in [-0.2, -0.15) is 0 Å². The fourth-order valence-corrected chi connectivity index (χ4v) is 2.35. The molecule has 1 amide bonds. The molecular formula is C21H29ClN2O3. The Labute approximate surface area is 167 Å². The Bertz CT molecular complexity index is 720. The molecule has 27 heavy (non-hydrogen) atoms. The number of hydrogen-bond acceptors (Lipinski definition) is 4. The van der Waals surface area contributed by atoms with Gasteiger partial charge in [-0.1, -0.05) is 30.7 Å². The molecule has 2 rings (SSSR count). The van der Waals surface area contributed by atoms with Crippen molar-refractivity contribution in [2.45, 2.75) is 39.8 Å². The van der Waals surface area contributed by atoms with Gasteiger partial charge >= 0.3 is 0 Å². The third kappa shape index (κ3) is 7.49. The molecule has 1 unspecified atom stereocenters. The molecule has 1 atom stereocenters. The Morgan fingerprint density at radius 1 is 1.11 bits per heavy atom. The number of rotatable bonds is 9. The van der Waals surface area contributed by atoms with Crippen LogP contribution in [-0.4, -0.2) is 25.7 Å². The fraction of sp³-hybridized carbons (Fsp3) is 0.381. The van der Waals surface area contributed by atoms with Crippen LogP contribution in [0.15, 0.2) is 42.5 Å². The van der Waals surface area contributed by atoms with Crippen molar-refractivity contribution >= 4 is 24.0 Å². The van der Waals surface area contributed by atoms with Crippen LogP contribution in [0.5, 0.6) is 11.5 Å². The molecule has 0 aromatic heterocycles. The molecule has 5 nitrogen and oxygen atoms in total. The summed E-state index contributed by atoms with van der Waals surface area (Å²) in [5.41, 5.74) is 3.01. The molecule has 0 fully saturated rings. The van der Waals surface area contributed by atoms with Gasteiger partial charge in [0.1, 0.15) is 0 Å². The number of anilines is 1. The standard InChI is InChI=1S/C21H28N2O3.ClH/c1-5-16(3)22-13-17-8-11-19(20(12-17)25-4)26-14-21(24)23-18-9-6-15(2)7-10-18;/h6-12,16,22H,5,13-14H2,1-4H3,(H,23,24);1H. The summed E-state index contributed by atoms with van der Waals surface area (Å²) in [6.07, 6.45) is 1.08. The Kier molecular flexibility index (Phi) is 9.68. The van der Waals surface area contributed by atoms with Crippen LogP contribution in [0.2, 0.25) is 0 Å². The van der Waals surface area contributed by atoms with E-state index in [1.807, 2.05) is 49.4 Å². The minimum Gasteiger partial charge on any atom is -0.493 e. The maximum atomic E-state index is 12.1. The van der Waals surface area contributed by atoms with Crippen LogP contribution in [0.1, 0.15) is 31.4 Å². The van der Waals surface area contributed by atoms with Crippen LogP contribution in [0, 0.1) is 6.92 Å². The number of ether oxygens (including phenoxy) is 2. The van der Waals surface area contributed by atoms with E-state index in [4.69, 9.17) is 9.47 Å². The second kappa shape index (κ2) is 11.5. The average molecular weight is 393 g/mol. The smallest absolute Gasteiger partial charge is 0.262 e. The van der Waals surface area contributed by atoms with E-state index >= 15 is 0 Å². The first-order chi connectivity index (χ1) is 12.5. The fourth-order valence-electron chi connectivity index (χ4n) is 2.35. The summed E-state index contributed by atoms with van der Waals surface area (Å²) in [5.74, 6) is 0.967. The van der Waals surface area contributed by atoms with Crippen LogP contribution in [0.25, 0.3) is 0 Å². The summed E-state index contributed by atoms with van der Waals surface area (Å²) in [7, 11) is 1.60. The van der Waals surface area contributed by atoms with Crippen molar-refractivity contribution in [1.29, 1.82) is 0 Å². The van der Waals surface area contributed by atoms with Crippen LogP contribution in [-0.2, 0) is 11.3 Å². The van der Waals surface area contributed by atoms with Crippen molar-refractivity contribution in [2.24, 2.45) is 0 Å². The SMILES string of the molecule is CCC(C)NCc1ccc(OCC(=O)Nc2ccc(C)cc2)c(OC)c1.Cl. The summed E-state index contributed by atoms with van der Waals surface area (Å²) in [4.78, 5) is 12.1. The largest absolute Gasteiger partial charge is 0.493 e. The lowest BCUT2D eigenvalue weighted by atomic mass is 10.1. The second-order valence-electron chi connectivity index (χ2n) is 6.38. The summed E-state index contributed by atoms with van der Waals surface area (Å²) >= 11 is 0. The van der Waals surface area contributed by atoms with Crippen molar-refractivity contribution in [3.8, 4) is 11.5 Å². The van der Waals surface area contributed by atoms with Gasteiger partial charge in [-0.3, -0.25) is 4.79 Å². The molecule has 0 saturated carbocycles. The van der Waals surface area contributed by atoms with Crippen molar-refractivity contribution in [1.82, 2.24) is 5.32 Å². The van der Waals surface area contributed by atoms with Crippen molar-refractivity contribution < 1.29 is 14.3 Å². The Morgan fingerprint density at radius 3 is 2.44 bits per heavy atom. The molecular weight excluding hydrogens is 364 g/mol. The number of halogens is 1. The Hall–Kier alpha value is -2.24. The van der Waals surface area contributed by atoms with Gasteiger partial charge in [-0.25, -0.2) is 0 Å². The summed E-state index contributed by atoms with van der Waals surface area (Å²) in [6.45, 7) is 7.00. The maximum absolute atomic E-state index is 12.1. The van der Waals surface area contributed by atoms with Crippen molar-refractivity contribution in [3.05, 3.63) is 53.6 Å². The average Bonchev–Trinajstić information content (AvgIpc) is 2.66. The number of aryl methyl sites for hydroxylation is 1. The minimum absolute atomic E-state index is 0. The van der Waals surface area contributed by atoms with Gasteiger partial charge < -0.3 is 20.1 Å². The zero-order valence-electron chi connectivity index (χ0n) is 16.4. The molecule has 2 aromatic carbocycles. The molecule has 0 aliphatic carbocycles. The predicted octanol–water partition coefficient (Wildman–Crippen LogP) is 4.33. The Morgan fingerprint density at radius 2 is 1.81 bits per heavy atom. The van der Waals surface area contributed by atoms with E-state index < -0.39 is 0 Å². The molecule has 0 aliphatic rings. The van der Waals surface area contributed by atoms with Crippen molar-refractivity contribution in [3.63, 3.8) is 0 Å². The zero-order chi connectivity index (χ0) is 18.9. The van der Waals surface area contributed by atoms with Crippen LogP contribution < -0.4 is 20.1 Å². The molecule has 0 bridgehead atoms. The first-order valence-electron chi connectivity index (χ1n) is 8.91. The quantitative estimate of drug-likeness (QED) is 0.666. The van der Waals surface area contributed by atoms with Crippen LogP contribution in [0.4, 0.5) is 5.69 Å². The lowest BCUT2D eigenvalue weighted by Crippen LogP contribution is -2.24. The summed E-state index contributed by atoms with van der Waals surface area (Å²) < 4.78 is 11.0. The molecule has 0 heterocycles. The second-order valence-corrected chi connectivity index (χ2v) is 6.38. The number of benzene rings is 2. The van der Waals surface area contributed by atoms with E-state index in [0.717, 1.165) is 29.8 Å². The summed E-state index contributed by atoms with van der Waals surface area (Å²) in [5, 5.41) is 6.25. The Balaban J connectivity index is 0.00000364. The third-order valence-electron chi connectivity index (χ3n) is 4.19. The first-order valence-corrected chi connectivity index (χ1v) is 8.91. The molecule has 0 aliphatic heterocycles. The van der Waals surface area contributed by atoms with E-state index in [-0.39, 0.29) is 24.9 Å². The van der Waals surface area contributed by atoms with Crippen LogP contribution >= 0.6 is 12.4 Å². The molecule has 148 valence electrons. The van der Waals surface area contributed by atoms with Gasteiger partial charge in [-0.15, -0.1) is 12.4 Å². The highest BCUT2D eigenvalue weighted by Gasteiger charge is 2.09. The van der Waals surface area contributed by atoms with Gasteiger partial charge in [0.2, 0.25) is 0 Å². The third-order valence-corrected chi connectivity index (χ3v) is 4.19. The van der Waals surface area contributed by atoms with E-state index in [1.165, 1.54) is 0 Å². The van der Waals surface area contributed by atoms with Gasteiger partial charge in [0.05, 0.1) is 7.11 Å². The van der Waals surface area contributed by atoms with Crippen LogP contribution in [0.3, 0.4) is 0 Å². The maximum Gasteiger partial charge on any atom is 0.262 e. The molecule has 0 spiro atoms. The number of amides is 1. The minimum atomic E-state index is -0.210. The topological polar surface area (TPSA) is 59.6 Å². The molecule has 2 N–H and O–H groups in total. The molecule has 2 aromatic rings. The molecule has 0 saturated heterocycles. The number of carbonyl (C=O) groups excluding carboxylic acids is 1. The number of nitrogens with one attached hydrogen (secondary N) is 2. The number of carbonyl (C=O) groups is 1. The zero-order valence-corrected chi connectivity index (χ0v) is 17.2. The normalized spacial score (nSPS) is 11.3. The number of hydrogen-bond donors (Lipinski definition) is 2. The lowest BCUT2D eigenvalue weighted by molar-refractivity contribution is -0.118. The van der Waals surface area contributed by atoms with Gasteiger partial charge in [0, 0.05) is 18.3 Å². The van der Waals surface area contributed by atoms with Crippen molar-refractivity contribution in [2.75, 3.05) is 19.0 Å². The number of methoxy groups -OCH3 is 1. The summed E-state index contributed by atoms with van der Waals surface area (Å²) in [6, 6.07) is 13.8. The van der Waals surface area contributed by atoms with E-state index in [9.17, 15) is 4.79 Å².